The highest BCUT2D eigenvalue weighted by molar-refractivity contribution is 7.92. The van der Waals surface area contributed by atoms with Gasteiger partial charge in [-0.3, -0.25) is 9.59 Å². The molecular formula is C14H10O4S2. The Morgan fingerprint density at radius 2 is 1.95 bits per heavy atom. The molecule has 20 heavy (non-hydrogen) atoms. The van der Waals surface area contributed by atoms with Crippen molar-refractivity contribution in [2.45, 2.75) is 11.8 Å². The van der Waals surface area contributed by atoms with E-state index in [1.165, 1.54) is 24.3 Å². The van der Waals surface area contributed by atoms with Gasteiger partial charge in [-0.25, -0.2) is 8.42 Å². The van der Waals surface area contributed by atoms with Crippen molar-refractivity contribution in [3.63, 3.8) is 0 Å². The van der Waals surface area contributed by atoms with E-state index in [1.807, 2.05) is 0 Å². The first-order valence-corrected chi connectivity index (χ1v) is 8.36. The van der Waals surface area contributed by atoms with Gasteiger partial charge in [-0.15, -0.1) is 11.3 Å². The number of hydrogen-bond donors (Lipinski definition) is 0. The van der Waals surface area contributed by atoms with E-state index in [9.17, 15) is 18.0 Å². The average molecular weight is 306 g/mol. The second-order valence-corrected chi connectivity index (χ2v) is 7.66. The molecule has 0 saturated heterocycles. The lowest BCUT2D eigenvalue weighted by molar-refractivity contribution is 0.101. The molecule has 0 saturated carbocycles. The molecule has 2 heterocycles. The molecule has 1 aromatic carbocycles. The van der Waals surface area contributed by atoms with Crippen molar-refractivity contribution in [2.75, 3.05) is 5.75 Å². The summed E-state index contributed by atoms with van der Waals surface area (Å²) in [5.74, 6) is -0.833. The number of carbonyl (C=O) groups excluding carboxylic acids is 2. The summed E-state index contributed by atoms with van der Waals surface area (Å²) in [6.45, 7) is 1.49. The molecule has 6 heteroatoms. The average Bonchev–Trinajstić information content (AvgIpc) is 2.94. The van der Waals surface area contributed by atoms with Crippen LogP contribution in [0.25, 0.3) is 10.4 Å². The first-order valence-electron chi connectivity index (χ1n) is 5.89. The van der Waals surface area contributed by atoms with Crippen LogP contribution in [0.3, 0.4) is 0 Å². The SMILES string of the molecule is CC(=O)c1ccc(-c2ccc3c(c2)C(=O)CS3(=O)=O)s1. The van der Waals surface area contributed by atoms with Gasteiger partial charge in [0.25, 0.3) is 0 Å². The number of carbonyl (C=O) groups is 2. The fourth-order valence-electron chi connectivity index (χ4n) is 2.18. The molecule has 3 rings (SSSR count). The van der Waals surface area contributed by atoms with Crippen LogP contribution in [0, 0.1) is 0 Å². The summed E-state index contributed by atoms with van der Waals surface area (Å²) in [4.78, 5) is 24.6. The molecule has 1 aromatic heterocycles. The molecule has 0 aliphatic carbocycles. The largest absolute Gasteiger partial charge is 0.294 e. The van der Waals surface area contributed by atoms with Gasteiger partial charge < -0.3 is 0 Å². The van der Waals surface area contributed by atoms with Gasteiger partial charge >= 0.3 is 0 Å². The van der Waals surface area contributed by atoms with Gasteiger partial charge in [0.2, 0.25) is 0 Å². The Bertz CT molecular complexity index is 844. The maximum atomic E-state index is 11.7. The van der Waals surface area contributed by atoms with Crippen LogP contribution in [0.1, 0.15) is 27.0 Å². The van der Waals surface area contributed by atoms with E-state index in [2.05, 4.69) is 0 Å². The van der Waals surface area contributed by atoms with Gasteiger partial charge in [0.05, 0.1) is 9.77 Å². The lowest BCUT2D eigenvalue weighted by atomic mass is 10.1. The molecule has 0 unspecified atom stereocenters. The van der Waals surface area contributed by atoms with Crippen LogP contribution in [-0.4, -0.2) is 25.7 Å². The number of ketones is 2. The molecule has 0 fully saturated rings. The summed E-state index contributed by atoms with van der Waals surface area (Å²) in [5, 5.41) is 0. The minimum atomic E-state index is -3.46. The van der Waals surface area contributed by atoms with E-state index in [0.717, 1.165) is 10.4 Å². The Morgan fingerprint density at radius 3 is 2.60 bits per heavy atom. The molecule has 0 spiro atoms. The van der Waals surface area contributed by atoms with E-state index in [4.69, 9.17) is 0 Å². The zero-order chi connectivity index (χ0) is 14.5. The first kappa shape index (κ1) is 13.2. The van der Waals surface area contributed by atoms with E-state index < -0.39 is 15.6 Å². The maximum absolute atomic E-state index is 11.7. The van der Waals surface area contributed by atoms with Gasteiger partial charge in [0, 0.05) is 10.4 Å². The lowest BCUT2D eigenvalue weighted by Gasteiger charge is -2.01. The summed E-state index contributed by atoms with van der Waals surface area (Å²) in [6.07, 6.45) is 0. The number of rotatable bonds is 2. The van der Waals surface area contributed by atoms with Gasteiger partial charge in [-0.1, -0.05) is 6.07 Å². The van der Waals surface area contributed by atoms with Gasteiger partial charge in [-0.05, 0) is 36.8 Å². The predicted octanol–water partition coefficient (Wildman–Crippen LogP) is 2.59. The zero-order valence-electron chi connectivity index (χ0n) is 10.5. The van der Waals surface area contributed by atoms with Crippen molar-refractivity contribution < 1.29 is 18.0 Å². The van der Waals surface area contributed by atoms with Crippen molar-refractivity contribution >= 4 is 32.7 Å². The fourth-order valence-corrected chi connectivity index (χ4v) is 4.52. The minimum absolute atomic E-state index is 0.0129. The Balaban J connectivity index is 2.12. The van der Waals surface area contributed by atoms with Crippen LogP contribution < -0.4 is 0 Å². The summed E-state index contributed by atoms with van der Waals surface area (Å²) < 4.78 is 23.5. The third-order valence-electron chi connectivity index (χ3n) is 3.17. The second-order valence-electron chi connectivity index (χ2n) is 4.61. The molecule has 0 N–H and O–H groups in total. The van der Waals surface area contributed by atoms with Gasteiger partial charge in [0.15, 0.2) is 21.4 Å². The van der Waals surface area contributed by atoms with Crippen LogP contribution in [0.15, 0.2) is 35.2 Å². The molecule has 4 nitrogen and oxygen atoms in total. The third kappa shape index (κ3) is 2.01. The van der Waals surface area contributed by atoms with Crippen molar-refractivity contribution in [1.29, 1.82) is 0 Å². The van der Waals surface area contributed by atoms with Crippen LogP contribution in [-0.2, 0) is 9.84 Å². The fraction of sp³-hybridized carbons (Fsp3) is 0.143. The molecule has 1 aliphatic heterocycles. The molecule has 2 aromatic rings. The lowest BCUT2D eigenvalue weighted by Crippen LogP contribution is -2.03. The van der Waals surface area contributed by atoms with E-state index in [1.54, 1.807) is 24.3 Å². The van der Waals surface area contributed by atoms with E-state index in [0.29, 0.717) is 4.88 Å². The summed E-state index contributed by atoms with van der Waals surface area (Å²) in [5.41, 5.74) is 1.01. The maximum Gasteiger partial charge on any atom is 0.186 e. The minimum Gasteiger partial charge on any atom is -0.294 e. The standard InChI is InChI=1S/C14H10O4S2/c1-8(15)12-3-4-13(19-12)9-2-5-14-10(6-9)11(16)7-20(14,17)18/h2-6H,7H2,1H3. The highest BCUT2D eigenvalue weighted by Gasteiger charge is 2.33. The molecule has 1 aliphatic rings. The Labute approximate surface area is 120 Å². The molecule has 102 valence electrons. The van der Waals surface area contributed by atoms with E-state index >= 15 is 0 Å². The number of hydrogen-bond acceptors (Lipinski definition) is 5. The highest BCUT2D eigenvalue weighted by atomic mass is 32.2. The monoisotopic (exact) mass is 306 g/mol. The van der Waals surface area contributed by atoms with Crippen LogP contribution in [0.2, 0.25) is 0 Å². The number of thiophene rings is 1. The topological polar surface area (TPSA) is 68.3 Å². The third-order valence-corrected chi connectivity index (χ3v) is 6.08. The van der Waals surface area contributed by atoms with Crippen molar-refractivity contribution in [1.82, 2.24) is 0 Å². The number of fused-ring (bicyclic) bond motifs is 1. The predicted molar refractivity (Wildman–Crippen MR) is 76.1 cm³/mol. The number of sulfone groups is 1. The van der Waals surface area contributed by atoms with Crippen LogP contribution in [0.5, 0.6) is 0 Å². The highest BCUT2D eigenvalue weighted by Crippen LogP contribution is 2.33. The normalized spacial score (nSPS) is 16.1. The smallest absolute Gasteiger partial charge is 0.186 e. The molecule has 0 bridgehead atoms. The Hall–Kier alpha value is -1.79. The first-order chi connectivity index (χ1) is 9.38. The van der Waals surface area contributed by atoms with Crippen molar-refractivity contribution in [3.8, 4) is 10.4 Å². The molecule has 0 amide bonds. The van der Waals surface area contributed by atoms with E-state index in [-0.39, 0.29) is 22.0 Å². The number of Topliss-reactive ketones (excluding diaryl/α,β-unsaturated/α-hetero) is 2. The second kappa shape index (κ2) is 4.36. The van der Waals surface area contributed by atoms with Crippen LogP contribution in [0.4, 0.5) is 0 Å². The molecular weight excluding hydrogens is 296 g/mol. The molecule has 0 atom stereocenters. The van der Waals surface area contributed by atoms with Crippen molar-refractivity contribution in [2.24, 2.45) is 0 Å². The van der Waals surface area contributed by atoms with Gasteiger partial charge in [-0.2, -0.15) is 0 Å². The van der Waals surface area contributed by atoms with Gasteiger partial charge in [0.1, 0.15) is 5.75 Å². The van der Waals surface area contributed by atoms with Crippen molar-refractivity contribution in [3.05, 3.63) is 40.8 Å². The summed E-state index contributed by atoms with van der Waals surface area (Å²) >= 11 is 1.33. The van der Waals surface area contributed by atoms with Crippen LogP contribution >= 0.6 is 11.3 Å². The Kier molecular flexibility index (Phi) is 2.88. The molecule has 0 radical (unpaired) electrons. The summed E-state index contributed by atoms with van der Waals surface area (Å²) in [7, 11) is -3.46. The quantitative estimate of drug-likeness (QED) is 0.800. The Morgan fingerprint density at radius 1 is 1.20 bits per heavy atom. The number of benzene rings is 1. The zero-order valence-corrected chi connectivity index (χ0v) is 12.2. The summed E-state index contributed by atoms with van der Waals surface area (Å²) in [6, 6.07) is 8.27.